The van der Waals surface area contributed by atoms with Crippen LogP contribution in [0.1, 0.15) is 27.7 Å². The number of carboxylic acid groups (broad SMARTS) is 1. The first-order valence-corrected chi connectivity index (χ1v) is 8.06. The molecular formula is C13H20O3S2. The number of carbonyl (C=O) groups is 1. The highest BCUT2D eigenvalue weighted by Crippen LogP contribution is 2.32. The molecule has 0 aromatic heterocycles. The summed E-state index contributed by atoms with van der Waals surface area (Å²) >= 11 is 1.28. The minimum absolute atomic E-state index is 0.748. The van der Waals surface area contributed by atoms with Crippen molar-refractivity contribution in [2.75, 3.05) is 6.26 Å². The van der Waals surface area contributed by atoms with Crippen LogP contribution in [-0.2, 0) is 15.6 Å². The molecule has 0 saturated carbocycles. The number of hydrogen-bond donors (Lipinski definition) is 1. The molecule has 0 saturated heterocycles. The van der Waals surface area contributed by atoms with E-state index in [9.17, 15) is 9.00 Å². The topological polar surface area (TPSA) is 54.4 Å². The third kappa shape index (κ3) is 5.23. The Morgan fingerprint density at radius 2 is 1.67 bits per heavy atom. The molecule has 0 aliphatic heterocycles. The Morgan fingerprint density at radius 3 is 2.00 bits per heavy atom. The van der Waals surface area contributed by atoms with Crippen molar-refractivity contribution in [3.05, 3.63) is 24.3 Å². The van der Waals surface area contributed by atoms with E-state index in [-0.39, 0.29) is 0 Å². The van der Waals surface area contributed by atoms with Gasteiger partial charge in [0.25, 0.3) is 0 Å². The van der Waals surface area contributed by atoms with Gasteiger partial charge in [0.2, 0.25) is 0 Å². The van der Waals surface area contributed by atoms with Crippen molar-refractivity contribution in [3.63, 3.8) is 0 Å². The van der Waals surface area contributed by atoms with Gasteiger partial charge in [0.05, 0.1) is 0 Å². The Morgan fingerprint density at radius 1 is 1.22 bits per heavy atom. The zero-order valence-electron chi connectivity index (χ0n) is 11.4. The van der Waals surface area contributed by atoms with Gasteiger partial charge in [-0.15, -0.1) is 11.8 Å². The van der Waals surface area contributed by atoms with Crippen molar-refractivity contribution < 1.29 is 14.1 Å². The Hall–Kier alpha value is -0.810. The molecule has 3 nitrogen and oxygen atoms in total. The van der Waals surface area contributed by atoms with Gasteiger partial charge >= 0.3 is 5.97 Å². The highest BCUT2D eigenvalue weighted by atomic mass is 32.2. The molecular weight excluding hydrogens is 268 g/mol. The zero-order chi connectivity index (χ0) is 14.3. The van der Waals surface area contributed by atoms with Crippen LogP contribution in [0.5, 0.6) is 0 Å². The number of rotatable bonds is 4. The monoisotopic (exact) mass is 288 g/mol. The summed E-state index contributed by atoms with van der Waals surface area (Å²) in [5.74, 6) is -0.847. The Kier molecular flexibility index (Phi) is 7.25. The van der Waals surface area contributed by atoms with Crippen LogP contribution in [-0.4, -0.2) is 26.3 Å². The first-order chi connectivity index (χ1) is 8.33. The van der Waals surface area contributed by atoms with Crippen LogP contribution in [0, 0.1) is 0 Å². The van der Waals surface area contributed by atoms with Gasteiger partial charge in [-0.1, -0.05) is 13.8 Å². The maximum absolute atomic E-state index is 11.2. The minimum Gasteiger partial charge on any atom is -0.480 e. The van der Waals surface area contributed by atoms with Crippen LogP contribution in [0.15, 0.2) is 34.1 Å². The number of carboxylic acids is 1. The zero-order valence-corrected chi connectivity index (χ0v) is 13.0. The van der Waals surface area contributed by atoms with E-state index >= 15 is 0 Å². The summed E-state index contributed by atoms with van der Waals surface area (Å²) in [5.41, 5.74) is 0. The summed E-state index contributed by atoms with van der Waals surface area (Å²) in [6, 6.07) is 7.12. The predicted molar refractivity (Wildman–Crippen MR) is 77.7 cm³/mol. The van der Waals surface area contributed by atoms with E-state index in [0.29, 0.717) is 0 Å². The number of aliphatic carboxylic acids is 1. The molecule has 0 spiro atoms. The Labute approximate surface area is 115 Å². The van der Waals surface area contributed by atoms with Gasteiger partial charge in [-0.3, -0.25) is 9.00 Å². The van der Waals surface area contributed by atoms with Crippen LogP contribution >= 0.6 is 11.8 Å². The van der Waals surface area contributed by atoms with Crippen molar-refractivity contribution >= 4 is 28.5 Å². The summed E-state index contributed by atoms with van der Waals surface area (Å²) in [7, 11) is -0.995. The van der Waals surface area contributed by atoms with Crippen molar-refractivity contribution in [3.8, 4) is 0 Å². The summed E-state index contributed by atoms with van der Waals surface area (Å²) in [5, 5.41) is 8.98. The molecule has 102 valence electrons. The Balaban J connectivity index is 0.00000137. The maximum Gasteiger partial charge on any atom is 0.319 e. The third-order valence-corrected chi connectivity index (χ3v) is 4.17. The van der Waals surface area contributed by atoms with Gasteiger partial charge in [0.15, 0.2) is 0 Å². The highest BCUT2D eigenvalue weighted by molar-refractivity contribution is 8.01. The fourth-order valence-electron chi connectivity index (χ4n) is 1.04. The predicted octanol–water partition coefficient (Wildman–Crippen LogP) is 3.41. The second-order valence-corrected chi connectivity index (χ2v) is 6.92. The Bertz CT molecular complexity index is 411. The van der Waals surface area contributed by atoms with E-state index in [1.165, 1.54) is 11.8 Å². The molecule has 1 atom stereocenters. The maximum atomic E-state index is 11.2. The van der Waals surface area contributed by atoms with Crippen LogP contribution < -0.4 is 0 Å². The number of thioether (sulfide) groups is 1. The van der Waals surface area contributed by atoms with Crippen LogP contribution in [0.25, 0.3) is 0 Å². The van der Waals surface area contributed by atoms with Crippen molar-refractivity contribution in [1.82, 2.24) is 0 Å². The molecule has 0 aliphatic rings. The first-order valence-electron chi connectivity index (χ1n) is 5.69. The second-order valence-electron chi connectivity index (χ2n) is 3.84. The summed E-state index contributed by atoms with van der Waals surface area (Å²) in [6.07, 6.45) is 1.61. The lowest BCUT2D eigenvalue weighted by molar-refractivity contribution is -0.138. The molecule has 0 heterocycles. The average Bonchev–Trinajstić information content (AvgIpc) is 2.31. The summed E-state index contributed by atoms with van der Waals surface area (Å²) < 4.78 is 10.3. The van der Waals surface area contributed by atoms with Gasteiger partial charge in [-0.05, 0) is 38.1 Å². The fraction of sp³-hybridized carbons (Fsp3) is 0.462. The van der Waals surface area contributed by atoms with E-state index in [0.717, 1.165) is 9.79 Å². The van der Waals surface area contributed by atoms with E-state index in [1.54, 1.807) is 44.4 Å². The molecule has 1 rings (SSSR count). The highest BCUT2D eigenvalue weighted by Gasteiger charge is 2.28. The van der Waals surface area contributed by atoms with Gasteiger partial charge < -0.3 is 5.11 Å². The minimum atomic E-state index is -0.995. The smallest absolute Gasteiger partial charge is 0.319 e. The molecule has 18 heavy (non-hydrogen) atoms. The third-order valence-electron chi connectivity index (χ3n) is 2.04. The molecule has 1 N–H and O–H groups in total. The molecule has 0 aliphatic carbocycles. The molecule has 1 aromatic carbocycles. The lowest BCUT2D eigenvalue weighted by Gasteiger charge is -2.18. The summed E-state index contributed by atoms with van der Waals surface area (Å²) in [4.78, 5) is 12.5. The van der Waals surface area contributed by atoms with Gasteiger partial charge in [-0.2, -0.15) is 0 Å². The van der Waals surface area contributed by atoms with Crippen molar-refractivity contribution in [2.45, 2.75) is 42.2 Å². The van der Waals surface area contributed by atoms with Gasteiger partial charge in [0.1, 0.15) is 4.75 Å². The quantitative estimate of drug-likeness (QED) is 0.863. The average molecular weight is 288 g/mol. The SMILES string of the molecule is CC.CS(=O)c1ccc(SC(C)(C)C(=O)O)cc1. The molecule has 1 aromatic rings. The summed E-state index contributed by atoms with van der Waals surface area (Å²) in [6.45, 7) is 7.32. The first kappa shape index (κ1) is 17.2. The number of benzene rings is 1. The molecule has 0 amide bonds. The van der Waals surface area contributed by atoms with Crippen LogP contribution in [0.4, 0.5) is 0 Å². The normalized spacial score (nSPS) is 12.3. The standard InChI is InChI=1S/C11H14O3S2.C2H6/c1-11(2,10(12)13)15-8-4-6-9(7-5-8)16(3)14;1-2/h4-7H,1-3H3,(H,12,13);1-2H3. The van der Waals surface area contributed by atoms with E-state index in [4.69, 9.17) is 5.11 Å². The molecule has 5 heteroatoms. The lowest BCUT2D eigenvalue weighted by atomic mass is 10.2. The number of hydrogen-bond acceptors (Lipinski definition) is 3. The lowest BCUT2D eigenvalue weighted by Crippen LogP contribution is -2.26. The molecule has 0 radical (unpaired) electrons. The second kappa shape index (κ2) is 7.59. The van der Waals surface area contributed by atoms with Crippen LogP contribution in [0.2, 0.25) is 0 Å². The van der Waals surface area contributed by atoms with E-state index in [2.05, 4.69) is 0 Å². The largest absolute Gasteiger partial charge is 0.480 e. The van der Waals surface area contributed by atoms with Gasteiger partial charge in [0, 0.05) is 26.8 Å². The molecule has 1 unspecified atom stereocenters. The van der Waals surface area contributed by atoms with Gasteiger partial charge in [-0.25, -0.2) is 0 Å². The van der Waals surface area contributed by atoms with E-state index < -0.39 is 21.5 Å². The van der Waals surface area contributed by atoms with Crippen molar-refractivity contribution in [2.24, 2.45) is 0 Å². The molecule has 0 bridgehead atoms. The fourth-order valence-corrected chi connectivity index (χ4v) is 2.51. The van der Waals surface area contributed by atoms with Crippen LogP contribution in [0.3, 0.4) is 0 Å². The van der Waals surface area contributed by atoms with E-state index in [1.807, 2.05) is 13.8 Å². The van der Waals surface area contributed by atoms with Crippen molar-refractivity contribution in [1.29, 1.82) is 0 Å². The molecule has 0 fully saturated rings.